The van der Waals surface area contributed by atoms with Gasteiger partial charge >= 0.3 is 6.18 Å². The number of nitrogens with zero attached hydrogens (tertiary/aromatic N) is 3. The normalized spacial score (nSPS) is 19.9. The molecule has 0 aliphatic heterocycles. The van der Waals surface area contributed by atoms with E-state index in [1.807, 2.05) is 0 Å². The van der Waals surface area contributed by atoms with Gasteiger partial charge in [0.15, 0.2) is 5.69 Å². The third kappa shape index (κ3) is 4.77. The second-order valence-corrected chi connectivity index (χ2v) is 6.77. The van der Waals surface area contributed by atoms with Crippen molar-refractivity contribution in [2.75, 3.05) is 5.32 Å². The highest BCUT2D eigenvalue weighted by molar-refractivity contribution is 6.03. The molecule has 1 aliphatic rings. The van der Waals surface area contributed by atoms with Crippen molar-refractivity contribution in [3.05, 3.63) is 41.5 Å². The molecule has 6 nitrogen and oxygen atoms in total. The van der Waals surface area contributed by atoms with E-state index < -0.39 is 35.6 Å². The summed E-state index contributed by atoms with van der Waals surface area (Å²) in [6.07, 6.45) is -3.28. The van der Waals surface area contributed by atoms with E-state index in [-0.39, 0.29) is 17.6 Å². The average Bonchev–Trinajstić information content (AvgIpc) is 3.11. The van der Waals surface area contributed by atoms with Crippen LogP contribution in [0.25, 0.3) is 0 Å². The number of alkyl halides is 5. The minimum Gasteiger partial charge on any atom is -0.318 e. The van der Waals surface area contributed by atoms with E-state index in [9.17, 15) is 31.5 Å². The maximum atomic E-state index is 13.4. The van der Waals surface area contributed by atoms with Gasteiger partial charge < -0.3 is 10.1 Å². The second-order valence-electron chi connectivity index (χ2n) is 6.77. The van der Waals surface area contributed by atoms with E-state index in [1.54, 1.807) is 0 Å². The largest absolute Gasteiger partial charge is 0.433 e. The second kappa shape index (κ2) is 8.26. The van der Waals surface area contributed by atoms with Crippen molar-refractivity contribution >= 4 is 17.9 Å². The average molecular weight is 416 g/mol. The Morgan fingerprint density at radius 1 is 1.21 bits per heavy atom. The summed E-state index contributed by atoms with van der Waals surface area (Å²) >= 11 is 0. The molecule has 0 aromatic carbocycles. The molecular weight excluding hydrogens is 399 g/mol. The van der Waals surface area contributed by atoms with E-state index in [0.717, 1.165) is 18.4 Å². The monoisotopic (exact) mass is 416 g/mol. The lowest BCUT2D eigenvalue weighted by Gasteiger charge is -2.25. The van der Waals surface area contributed by atoms with Crippen molar-refractivity contribution in [3.8, 4) is 0 Å². The fourth-order valence-electron chi connectivity index (χ4n) is 3.26. The first-order chi connectivity index (χ1) is 13.7. The molecule has 1 aliphatic carbocycles. The number of hydrogen-bond acceptors (Lipinski definition) is 4. The fourth-order valence-corrected chi connectivity index (χ4v) is 3.26. The molecule has 1 amide bonds. The minimum atomic E-state index is -4.74. The topological polar surface area (TPSA) is 76.9 Å². The summed E-state index contributed by atoms with van der Waals surface area (Å²) in [7, 11) is 0. The number of halogens is 5. The lowest BCUT2D eigenvalue weighted by atomic mass is 9.87. The number of carbonyl (C=O) groups is 2. The number of aldehydes is 1. The van der Waals surface area contributed by atoms with Gasteiger partial charge in [-0.25, -0.2) is 13.8 Å². The molecule has 0 unspecified atom stereocenters. The van der Waals surface area contributed by atoms with Gasteiger partial charge in [-0.15, -0.1) is 0 Å². The maximum absolute atomic E-state index is 13.4. The van der Waals surface area contributed by atoms with Crippen molar-refractivity contribution < 1.29 is 31.5 Å². The van der Waals surface area contributed by atoms with Crippen LogP contribution in [-0.4, -0.2) is 27.0 Å². The van der Waals surface area contributed by atoms with Gasteiger partial charge in [-0.2, -0.15) is 18.3 Å². The van der Waals surface area contributed by atoms with Gasteiger partial charge in [0.1, 0.15) is 17.7 Å². The first-order valence-electron chi connectivity index (χ1n) is 8.87. The molecule has 0 atom stereocenters. The van der Waals surface area contributed by atoms with Crippen molar-refractivity contribution in [1.82, 2.24) is 14.8 Å². The highest BCUT2D eigenvalue weighted by atomic mass is 19.4. The molecule has 0 bridgehead atoms. The Balaban J connectivity index is 1.81. The Bertz CT molecular complexity index is 889. The zero-order valence-electron chi connectivity index (χ0n) is 15.0. The van der Waals surface area contributed by atoms with Crippen LogP contribution >= 0.6 is 0 Å². The van der Waals surface area contributed by atoms with Crippen molar-refractivity contribution in [3.63, 3.8) is 0 Å². The molecule has 3 rings (SSSR count). The SMILES string of the molecule is O=CC1CCC(n2cc(NC(=O)c3cccc(C(F)(F)F)n3)c(C(F)F)n2)CC1. The van der Waals surface area contributed by atoms with Crippen LogP contribution in [-0.2, 0) is 11.0 Å². The van der Waals surface area contributed by atoms with Gasteiger partial charge in [-0.3, -0.25) is 9.48 Å². The van der Waals surface area contributed by atoms with Gasteiger partial charge in [-0.05, 0) is 37.8 Å². The third-order valence-corrected chi connectivity index (χ3v) is 4.80. The molecule has 2 aromatic heterocycles. The molecule has 11 heteroatoms. The molecule has 29 heavy (non-hydrogen) atoms. The standard InChI is InChI=1S/C18H17F5N4O2/c19-16(20)15-13(8-27(26-15)11-6-4-10(9-28)5-7-11)25-17(29)12-2-1-3-14(24-12)18(21,22)23/h1-3,8-11,16H,4-7H2,(H,25,29). The summed E-state index contributed by atoms with van der Waals surface area (Å²) in [5.41, 5.74) is -2.79. The van der Waals surface area contributed by atoms with Crippen molar-refractivity contribution in [1.29, 1.82) is 0 Å². The molecule has 0 saturated heterocycles. The zero-order valence-corrected chi connectivity index (χ0v) is 15.0. The van der Waals surface area contributed by atoms with Crippen molar-refractivity contribution in [2.24, 2.45) is 5.92 Å². The summed E-state index contributed by atoms with van der Waals surface area (Å²) in [5.74, 6) is -1.12. The number of anilines is 1. The van der Waals surface area contributed by atoms with Crippen LogP contribution in [0.1, 0.15) is 60.0 Å². The Morgan fingerprint density at radius 3 is 2.48 bits per heavy atom. The highest BCUT2D eigenvalue weighted by Crippen LogP contribution is 2.34. The number of rotatable bonds is 5. The van der Waals surface area contributed by atoms with Crippen LogP contribution in [0.2, 0.25) is 0 Å². The quantitative estimate of drug-likeness (QED) is 0.578. The summed E-state index contributed by atoms with van der Waals surface area (Å²) in [5, 5.41) is 6.03. The summed E-state index contributed by atoms with van der Waals surface area (Å²) in [6, 6.07) is 2.56. The Kier molecular flexibility index (Phi) is 5.94. The molecule has 0 radical (unpaired) electrons. The zero-order chi connectivity index (χ0) is 21.2. The summed E-state index contributed by atoms with van der Waals surface area (Å²) in [6.45, 7) is 0. The van der Waals surface area contributed by atoms with Crippen LogP contribution in [0.5, 0.6) is 0 Å². The van der Waals surface area contributed by atoms with Gasteiger partial charge in [-0.1, -0.05) is 6.07 Å². The molecular formula is C18H17F5N4O2. The predicted octanol–water partition coefficient (Wildman–Crippen LogP) is 4.42. The summed E-state index contributed by atoms with van der Waals surface area (Å²) < 4.78 is 66.3. The Labute approximate surface area is 162 Å². The summed E-state index contributed by atoms with van der Waals surface area (Å²) in [4.78, 5) is 26.4. The van der Waals surface area contributed by atoms with Crippen LogP contribution in [0, 0.1) is 5.92 Å². The van der Waals surface area contributed by atoms with E-state index in [0.29, 0.717) is 31.7 Å². The lowest BCUT2D eigenvalue weighted by Crippen LogP contribution is -2.19. The van der Waals surface area contributed by atoms with E-state index in [2.05, 4.69) is 15.4 Å². The molecule has 2 heterocycles. The van der Waals surface area contributed by atoms with E-state index >= 15 is 0 Å². The lowest BCUT2D eigenvalue weighted by molar-refractivity contribution is -0.141. The Morgan fingerprint density at radius 2 is 1.90 bits per heavy atom. The van der Waals surface area contributed by atoms with Crippen LogP contribution in [0.3, 0.4) is 0 Å². The smallest absolute Gasteiger partial charge is 0.318 e. The Hall–Kier alpha value is -2.85. The number of carbonyl (C=O) groups excluding carboxylic acids is 2. The maximum Gasteiger partial charge on any atom is 0.433 e. The van der Waals surface area contributed by atoms with Gasteiger partial charge in [0.25, 0.3) is 12.3 Å². The fraction of sp³-hybridized carbons (Fsp3) is 0.444. The molecule has 2 aromatic rings. The molecule has 156 valence electrons. The third-order valence-electron chi connectivity index (χ3n) is 4.80. The first kappa shape index (κ1) is 20.9. The van der Waals surface area contributed by atoms with Crippen LogP contribution < -0.4 is 5.32 Å². The number of hydrogen-bond donors (Lipinski definition) is 1. The minimum absolute atomic E-state index is 0.0671. The number of nitrogens with one attached hydrogen (secondary N) is 1. The van der Waals surface area contributed by atoms with Crippen LogP contribution in [0.4, 0.5) is 27.6 Å². The first-order valence-corrected chi connectivity index (χ1v) is 8.87. The number of pyridine rings is 1. The highest BCUT2D eigenvalue weighted by Gasteiger charge is 2.33. The molecule has 0 spiro atoms. The van der Waals surface area contributed by atoms with Crippen LogP contribution in [0.15, 0.2) is 24.4 Å². The van der Waals surface area contributed by atoms with Gasteiger partial charge in [0.05, 0.1) is 11.7 Å². The number of amides is 1. The van der Waals surface area contributed by atoms with E-state index in [4.69, 9.17) is 0 Å². The molecule has 1 fully saturated rings. The number of aromatic nitrogens is 3. The van der Waals surface area contributed by atoms with E-state index in [1.165, 1.54) is 10.9 Å². The van der Waals surface area contributed by atoms with Gasteiger partial charge in [0, 0.05) is 12.1 Å². The van der Waals surface area contributed by atoms with Gasteiger partial charge in [0.2, 0.25) is 0 Å². The van der Waals surface area contributed by atoms with Crippen molar-refractivity contribution in [2.45, 2.75) is 44.3 Å². The molecule has 1 saturated carbocycles. The molecule has 1 N–H and O–H groups in total. The predicted molar refractivity (Wildman–Crippen MR) is 91.4 cm³/mol.